The Hall–Kier alpha value is -1.31. The molecule has 0 unspecified atom stereocenters. The van der Waals surface area contributed by atoms with E-state index in [1.54, 1.807) is 0 Å². The minimum Gasteiger partial charge on any atom is -0.330 e. The quantitative estimate of drug-likeness (QED) is 0.861. The highest BCUT2D eigenvalue weighted by Gasteiger charge is 2.11. The lowest BCUT2D eigenvalue weighted by atomic mass is 9.91. The molecule has 0 bridgehead atoms. The molecule has 0 fully saturated rings. The van der Waals surface area contributed by atoms with E-state index in [-0.39, 0.29) is 5.92 Å². The van der Waals surface area contributed by atoms with Gasteiger partial charge >= 0.3 is 0 Å². The Morgan fingerprint density at radius 1 is 0.875 bits per heavy atom. The fraction of sp³-hybridized carbons (Fsp3) is 0.143. The van der Waals surface area contributed by atoms with E-state index in [9.17, 15) is 0 Å². The molecule has 0 aromatic heterocycles. The van der Waals surface area contributed by atoms with Gasteiger partial charge in [0.1, 0.15) is 0 Å². The zero-order valence-corrected chi connectivity index (χ0v) is 9.69. The van der Waals surface area contributed by atoms with Crippen LogP contribution in [0.25, 0.3) is 0 Å². The van der Waals surface area contributed by atoms with Gasteiger partial charge in [0.05, 0.1) is 0 Å². The summed E-state index contributed by atoms with van der Waals surface area (Å²) in [7, 11) is 0. The molecule has 0 radical (unpaired) electrons. The molecular weight excluding hydrogens is 218 g/mol. The zero-order valence-electron chi connectivity index (χ0n) is 8.94. The summed E-state index contributed by atoms with van der Waals surface area (Å²) in [5.74, 6) is 0.249. The molecule has 16 heavy (non-hydrogen) atoms. The monoisotopic (exact) mass is 231 g/mol. The van der Waals surface area contributed by atoms with Crippen LogP contribution < -0.4 is 5.73 Å². The van der Waals surface area contributed by atoms with Gasteiger partial charge in [0.15, 0.2) is 0 Å². The van der Waals surface area contributed by atoms with Crippen LogP contribution in [-0.4, -0.2) is 6.54 Å². The number of hydrogen-bond donors (Lipinski definition) is 1. The standard InChI is InChI=1S/C14H14ClN/c15-13-8-6-12(7-9-13)14(10-16)11-4-2-1-3-5-11/h1-9,14H,10,16H2/t14-/m0/s1. The highest BCUT2D eigenvalue weighted by atomic mass is 35.5. The summed E-state index contributed by atoms with van der Waals surface area (Å²) in [5.41, 5.74) is 8.29. The number of rotatable bonds is 3. The van der Waals surface area contributed by atoms with E-state index in [4.69, 9.17) is 17.3 Å². The molecule has 2 aromatic rings. The van der Waals surface area contributed by atoms with Gasteiger partial charge in [0.2, 0.25) is 0 Å². The summed E-state index contributed by atoms with van der Waals surface area (Å²) in [6.07, 6.45) is 0. The van der Waals surface area contributed by atoms with Crippen LogP contribution in [0.1, 0.15) is 17.0 Å². The summed E-state index contributed by atoms with van der Waals surface area (Å²) in [4.78, 5) is 0. The van der Waals surface area contributed by atoms with Gasteiger partial charge in [-0.2, -0.15) is 0 Å². The molecule has 2 heteroatoms. The molecule has 0 spiro atoms. The molecular formula is C14H14ClN. The summed E-state index contributed by atoms with van der Waals surface area (Å²) >= 11 is 5.87. The van der Waals surface area contributed by atoms with Gasteiger partial charge < -0.3 is 5.73 Å². The first-order valence-electron chi connectivity index (χ1n) is 5.31. The largest absolute Gasteiger partial charge is 0.330 e. The molecule has 0 aliphatic rings. The van der Waals surface area contributed by atoms with Crippen molar-refractivity contribution in [2.75, 3.05) is 6.54 Å². The molecule has 2 rings (SSSR count). The highest BCUT2D eigenvalue weighted by molar-refractivity contribution is 6.30. The van der Waals surface area contributed by atoms with E-state index in [1.165, 1.54) is 11.1 Å². The van der Waals surface area contributed by atoms with Gasteiger partial charge in [-0.3, -0.25) is 0 Å². The number of nitrogens with two attached hydrogens (primary N) is 1. The molecule has 0 saturated heterocycles. The minimum absolute atomic E-state index is 0.249. The van der Waals surface area contributed by atoms with E-state index in [1.807, 2.05) is 42.5 Å². The second-order valence-corrected chi connectivity index (χ2v) is 4.19. The van der Waals surface area contributed by atoms with Crippen molar-refractivity contribution in [3.63, 3.8) is 0 Å². The second-order valence-electron chi connectivity index (χ2n) is 3.75. The third-order valence-electron chi connectivity index (χ3n) is 2.71. The molecule has 2 aromatic carbocycles. The Bertz CT molecular complexity index is 436. The maximum absolute atomic E-state index is 5.87. The minimum atomic E-state index is 0.249. The Labute approximate surface area is 101 Å². The summed E-state index contributed by atoms with van der Waals surface area (Å²) in [5, 5.41) is 0.757. The van der Waals surface area contributed by atoms with Gasteiger partial charge in [0.25, 0.3) is 0 Å². The first-order chi connectivity index (χ1) is 7.81. The van der Waals surface area contributed by atoms with Gasteiger partial charge in [-0.15, -0.1) is 0 Å². The van der Waals surface area contributed by atoms with Crippen molar-refractivity contribution in [2.45, 2.75) is 5.92 Å². The predicted molar refractivity (Wildman–Crippen MR) is 68.8 cm³/mol. The molecule has 0 amide bonds. The van der Waals surface area contributed by atoms with Crippen molar-refractivity contribution >= 4 is 11.6 Å². The fourth-order valence-corrected chi connectivity index (χ4v) is 1.97. The Morgan fingerprint density at radius 2 is 1.44 bits per heavy atom. The lowest BCUT2D eigenvalue weighted by Gasteiger charge is -2.15. The van der Waals surface area contributed by atoms with E-state index in [2.05, 4.69) is 12.1 Å². The van der Waals surface area contributed by atoms with Crippen LogP contribution >= 0.6 is 11.6 Å². The summed E-state index contributed by atoms with van der Waals surface area (Å²) in [6.45, 7) is 0.603. The maximum atomic E-state index is 5.87. The van der Waals surface area contributed by atoms with Crippen LogP contribution in [0.15, 0.2) is 54.6 Å². The van der Waals surface area contributed by atoms with Crippen LogP contribution in [0.4, 0.5) is 0 Å². The first kappa shape index (κ1) is 11.2. The fourth-order valence-electron chi connectivity index (χ4n) is 1.85. The molecule has 0 saturated carbocycles. The third-order valence-corrected chi connectivity index (χ3v) is 2.96. The average Bonchev–Trinajstić information content (AvgIpc) is 2.34. The van der Waals surface area contributed by atoms with Crippen molar-refractivity contribution in [3.8, 4) is 0 Å². The second kappa shape index (κ2) is 5.15. The van der Waals surface area contributed by atoms with Gasteiger partial charge in [-0.25, -0.2) is 0 Å². The van der Waals surface area contributed by atoms with E-state index in [0.29, 0.717) is 6.54 Å². The summed E-state index contributed by atoms with van der Waals surface area (Å²) in [6, 6.07) is 18.2. The molecule has 0 aliphatic heterocycles. The number of hydrogen-bond acceptors (Lipinski definition) is 1. The Balaban J connectivity index is 2.33. The predicted octanol–water partition coefficient (Wildman–Crippen LogP) is 3.43. The number of halogens is 1. The lowest BCUT2D eigenvalue weighted by Crippen LogP contribution is -2.13. The van der Waals surface area contributed by atoms with Crippen LogP contribution in [0.2, 0.25) is 5.02 Å². The van der Waals surface area contributed by atoms with Gasteiger partial charge in [-0.1, -0.05) is 54.1 Å². The normalized spacial score (nSPS) is 12.4. The Morgan fingerprint density at radius 3 is 2.00 bits per heavy atom. The van der Waals surface area contributed by atoms with Crippen LogP contribution in [0.3, 0.4) is 0 Å². The van der Waals surface area contributed by atoms with Crippen molar-refractivity contribution < 1.29 is 0 Å². The molecule has 1 atom stereocenters. The Kier molecular flexibility index (Phi) is 3.60. The smallest absolute Gasteiger partial charge is 0.0406 e. The van der Waals surface area contributed by atoms with E-state index >= 15 is 0 Å². The van der Waals surface area contributed by atoms with E-state index < -0.39 is 0 Å². The molecule has 82 valence electrons. The maximum Gasteiger partial charge on any atom is 0.0406 e. The van der Waals surface area contributed by atoms with Crippen LogP contribution in [0, 0.1) is 0 Å². The average molecular weight is 232 g/mol. The topological polar surface area (TPSA) is 26.0 Å². The number of benzene rings is 2. The van der Waals surface area contributed by atoms with E-state index in [0.717, 1.165) is 5.02 Å². The van der Waals surface area contributed by atoms with Crippen molar-refractivity contribution in [2.24, 2.45) is 5.73 Å². The van der Waals surface area contributed by atoms with Crippen LogP contribution in [-0.2, 0) is 0 Å². The van der Waals surface area contributed by atoms with Gasteiger partial charge in [-0.05, 0) is 23.3 Å². The van der Waals surface area contributed by atoms with Crippen molar-refractivity contribution in [3.05, 3.63) is 70.7 Å². The van der Waals surface area contributed by atoms with Crippen molar-refractivity contribution in [1.29, 1.82) is 0 Å². The molecule has 1 nitrogen and oxygen atoms in total. The van der Waals surface area contributed by atoms with Crippen LogP contribution in [0.5, 0.6) is 0 Å². The SMILES string of the molecule is NC[C@@H](c1ccccc1)c1ccc(Cl)cc1. The lowest BCUT2D eigenvalue weighted by molar-refractivity contribution is 0.819. The summed E-state index contributed by atoms with van der Waals surface area (Å²) < 4.78 is 0. The zero-order chi connectivity index (χ0) is 11.4. The van der Waals surface area contributed by atoms with Gasteiger partial charge in [0, 0.05) is 17.5 Å². The third kappa shape index (κ3) is 2.43. The first-order valence-corrected chi connectivity index (χ1v) is 5.69. The molecule has 2 N–H and O–H groups in total. The van der Waals surface area contributed by atoms with Crippen molar-refractivity contribution in [1.82, 2.24) is 0 Å². The molecule has 0 heterocycles. The molecule has 0 aliphatic carbocycles. The highest BCUT2D eigenvalue weighted by Crippen LogP contribution is 2.24.